The van der Waals surface area contributed by atoms with Gasteiger partial charge in [-0.2, -0.15) is 0 Å². The van der Waals surface area contributed by atoms with Gasteiger partial charge in [-0.05, 0) is 29.8 Å². The molecule has 4 N–H and O–H groups in total. The van der Waals surface area contributed by atoms with Crippen LogP contribution in [0.15, 0.2) is 36.4 Å². The second kappa shape index (κ2) is 5.87. The van der Waals surface area contributed by atoms with Crippen molar-refractivity contribution in [2.45, 2.75) is 6.54 Å². The van der Waals surface area contributed by atoms with Crippen molar-refractivity contribution in [3.63, 3.8) is 0 Å². The molecule has 2 rings (SSSR count). The number of nitrogens with one attached hydrogen (secondary N) is 2. The highest BCUT2D eigenvalue weighted by atomic mass is 19.1. The number of rotatable bonds is 4. The fraction of sp³-hybridized carbons (Fsp3) is 0.0833. The number of halogens is 1. The summed E-state index contributed by atoms with van der Waals surface area (Å²) in [6, 6.07) is 8.92. The molecule has 1 aromatic carbocycles. The molecule has 0 atom stereocenters. The van der Waals surface area contributed by atoms with Gasteiger partial charge < -0.3 is 10.7 Å². The number of nitrogen functional groups attached to an aromatic ring is 1. The van der Waals surface area contributed by atoms with E-state index >= 15 is 0 Å². The minimum absolute atomic E-state index is 0.182. The Bertz CT molecular complexity index is 555. The van der Waals surface area contributed by atoms with E-state index in [1.54, 1.807) is 18.2 Å². The van der Waals surface area contributed by atoms with Crippen LogP contribution in [-0.2, 0) is 6.54 Å². The lowest BCUT2D eigenvalue weighted by molar-refractivity contribution is 0.0945. The highest BCUT2D eigenvalue weighted by molar-refractivity contribution is 5.92. The predicted molar refractivity (Wildman–Crippen MR) is 67.4 cm³/mol. The molecule has 0 aliphatic carbocycles. The third kappa shape index (κ3) is 3.46. The summed E-state index contributed by atoms with van der Waals surface area (Å²) < 4.78 is 12.7. The van der Waals surface area contributed by atoms with Gasteiger partial charge in [-0.3, -0.25) is 4.79 Å². The molecule has 0 aliphatic heterocycles. The van der Waals surface area contributed by atoms with Crippen molar-refractivity contribution in [2.24, 2.45) is 5.84 Å². The Kier molecular flexibility index (Phi) is 3.99. The number of carbonyl (C=O) groups excluding carboxylic acids is 1. The molecule has 0 spiro atoms. The van der Waals surface area contributed by atoms with Gasteiger partial charge in [-0.25, -0.2) is 10.2 Å². The second-order valence-corrected chi connectivity index (χ2v) is 3.76. The smallest absolute Gasteiger partial charge is 0.272 e. The SMILES string of the molecule is NNc1ccc(C(=O)NCc2ccc(F)cc2)nn1. The number of hydrazine groups is 1. The van der Waals surface area contributed by atoms with Crippen LogP contribution in [0.5, 0.6) is 0 Å². The van der Waals surface area contributed by atoms with E-state index in [4.69, 9.17) is 5.84 Å². The van der Waals surface area contributed by atoms with Crippen LogP contribution in [0.1, 0.15) is 16.1 Å². The average Bonchev–Trinajstić information content (AvgIpc) is 2.46. The monoisotopic (exact) mass is 261 g/mol. The molecule has 19 heavy (non-hydrogen) atoms. The maximum atomic E-state index is 12.7. The number of amides is 1. The Balaban J connectivity index is 1.95. The number of anilines is 1. The zero-order chi connectivity index (χ0) is 13.7. The maximum absolute atomic E-state index is 12.7. The minimum Gasteiger partial charge on any atom is -0.347 e. The Morgan fingerprint density at radius 2 is 1.89 bits per heavy atom. The topological polar surface area (TPSA) is 92.9 Å². The van der Waals surface area contributed by atoms with Crippen molar-refractivity contribution < 1.29 is 9.18 Å². The summed E-state index contributed by atoms with van der Waals surface area (Å²) in [7, 11) is 0. The molecular weight excluding hydrogens is 249 g/mol. The van der Waals surface area contributed by atoms with E-state index in [0.717, 1.165) is 5.56 Å². The van der Waals surface area contributed by atoms with Crippen LogP contribution in [-0.4, -0.2) is 16.1 Å². The molecule has 1 aromatic heterocycles. The van der Waals surface area contributed by atoms with Gasteiger partial charge in [0.05, 0.1) is 0 Å². The van der Waals surface area contributed by atoms with Crippen LogP contribution in [0.3, 0.4) is 0 Å². The van der Waals surface area contributed by atoms with Crippen molar-refractivity contribution in [1.82, 2.24) is 15.5 Å². The number of hydrogen-bond acceptors (Lipinski definition) is 5. The Morgan fingerprint density at radius 1 is 1.16 bits per heavy atom. The van der Waals surface area contributed by atoms with Crippen LogP contribution in [0, 0.1) is 5.82 Å². The Labute approximate surface area is 108 Å². The molecule has 0 saturated carbocycles. The van der Waals surface area contributed by atoms with E-state index in [1.165, 1.54) is 18.2 Å². The predicted octanol–water partition coefficient (Wildman–Crippen LogP) is 0.831. The van der Waals surface area contributed by atoms with E-state index in [2.05, 4.69) is 20.9 Å². The molecule has 0 radical (unpaired) electrons. The van der Waals surface area contributed by atoms with Crippen LogP contribution in [0.2, 0.25) is 0 Å². The van der Waals surface area contributed by atoms with E-state index in [1.807, 2.05) is 0 Å². The minimum atomic E-state index is -0.361. The number of benzene rings is 1. The van der Waals surface area contributed by atoms with Crippen LogP contribution >= 0.6 is 0 Å². The van der Waals surface area contributed by atoms with Crippen molar-refractivity contribution >= 4 is 11.7 Å². The summed E-state index contributed by atoms with van der Waals surface area (Å²) in [5.41, 5.74) is 3.29. The van der Waals surface area contributed by atoms with Gasteiger partial charge in [0.1, 0.15) is 5.82 Å². The van der Waals surface area contributed by atoms with Crippen molar-refractivity contribution in [2.75, 3.05) is 5.43 Å². The molecule has 0 unspecified atom stereocenters. The normalized spacial score (nSPS) is 10.0. The zero-order valence-corrected chi connectivity index (χ0v) is 9.93. The van der Waals surface area contributed by atoms with E-state index < -0.39 is 0 Å². The van der Waals surface area contributed by atoms with E-state index in [9.17, 15) is 9.18 Å². The average molecular weight is 261 g/mol. The van der Waals surface area contributed by atoms with Gasteiger partial charge in [0.25, 0.3) is 5.91 Å². The molecule has 0 saturated heterocycles. The lowest BCUT2D eigenvalue weighted by Crippen LogP contribution is -2.24. The van der Waals surface area contributed by atoms with E-state index in [-0.39, 0.29) is 24.0 Å². The highest BCUT2D eigenvalue weighted by Gasteiger charge is 2.07. The lowest BCUT2D eigenvalue weighted by atomic mass is 10.2. The number of nitrogens with two attached hydrogens (primary N) is 1. The van der Waals surface area contributed by atoms with Crippen molar-refractivity contribution in [3.05, 3.63) is 53.5 Å². The molecule has 0 fully saturated rings. The molecule has 1 heterocycles. The van der Waals surface area contributed by atoms with Gasteiger partial charge in [-0.15, -0.1) is 10.2 Å². The first-order valence-corrected chi connectivity index (χ1v) is 5.52. The Hall–Kier alpha value is -2.54. The largest absolute Gasteiger partial charge is 0.347 e. The van der Waals surface area contributed by atoms with Crippen LogP contribution < -0.4 is 16.6 Å². The fourth-order valence-electron chi connectivity index (χ4n) is 1.41. The first kappa shape index (κ1) is 12.9. The molecule has 6 nitrogen and oxygen atoms in total. The van der Waals surface area contributed by atoms with Gasteiger partial charge in [0.15, 0.2) is 11.5 Å². The third-order valence-corrected chi connectivity index (χ3v) is 2.41. The quantitative estimate of drug-likeness (QED) is 0.560. The molecule has 2 aromatic rings. The molecule has 1 amide bonds. The first-order valence-electron chi connectivity index (χ1n) is 5.52. The molecular formula is C12H12FN5O. The molecule has 7 heteroatoms. The number of aromatic nitrogens is 2. The van der Waals surface area contributed by atoms with Gasteiger partial charge in [0.2, 0.25) is 0 Å². The second-order valence-electron chi connectivity index (χ2n) is 3.76. The van der Waals surface area contributed by atoms with Gasteiger partial charge >= 0.3 is 0 Å². The van der Waals surface area contributed by atoms with E-state index in [0.29, 0.717) is 5.82 Å². The summed E-state index contributed by atoms with van der Waals surface area (Å²) in [5, 5.41) is 10.1. The highest BCUT2D eigenvalue weighted by Crippen LogP contribution is 2.03. The fourth-order valence-corrected chi connectivity index (χ4v) is 1.41. The molecule has 0 bridgehead atoms. The Morgan fingerprint density at radius 3 is 2.47 bits per heavy atom. The first-order chi connectivity index (χ1) is 9.19. The summed E-state index contributed by atoms with van der Waals surface area (Å²) in [5.74, 6) is 4.83. The van der Waals surface area contributed by atoms with Gasteiger partial charge in [-0.1, -0.05) is 12.1 Å². The molecule has 0 aliphatic rings. The number of carbonyl (C=O) groups is 1. The number of nitrogens with zero attached hydrogens (tertiary/aromatic N) is 2. The molecule has 98 valence electrons. The summed E-state index contributed by atoms with van der Waals surface area (Å²) >= 11 is 0. The summed E-state index contributed by atoms with van der Waals surface area (Å²) in [4.78, 5) is 11.7. The van der Waals surface area contributed by atoms with Crippen LogP contribution in [0.4, 0.5) is 10.2 Å². The standard InChI is InChI=1S/C12H12FN5O/c13-9-3-1-8(2-4-9)7-15-12(19)10-5-6-11(16-14)18-17-10/h1-6H,7,14H2,(H,15,19)(H,16,18). The summed E-state index contributed by atoms with van der Waals surface area (Å²) in [6.07, 6.45) is 0. The zero-order valence-electron chi connectivity index (χ0n) is 9.93. The summed E-state index contributed by atoms with van der Waals surface area (Å²) in [6.45, 7) is 0.289. The van der Waals surface area contributed by atoms with Crippen LogP contribution in [0.25, 0.3) is 0 Å². The van der Waals surface area contributed by atoms with Crippen molar-refractivity contribution in [1.29, 1.82) is 0 Å². The third-order valence-electron chi connectivity index (χ3n) is 2.41. The lowest BCUT2D eigenvalue weighted by Gasteiger charge is -2.05. The number of hydrogen-bond donors (Lipinski definition) is 3. The van der Waals surface area contributed by atoms with Gasteiger partial charge in [0, 0.05) is 6.54 Å². The van der Waals surface area contributed by atoms with Crippen molar-refractivity contribution in [3.8, 4) is 0 Å². The maximum Gasteiger partial charge on any atom is 0.272 e.